The zero-order valence-electron chi connectivity index (χ0n) is 16.1. The molecule has 0 aliphatic carbocycles. The van der Waals surface area contributed by atoms with Crippen LogP contribution in [0.3, 0.4) is 0 Å². The first-order valence-electron chi connectivity index (χ1n) is 9.15. The van der Waals surface area contributed by atoms with Crippen LogP contribution in [0.5, 0.6) is 5.75 Å². The van der Waals surface area contributed by atoms with Gasteiger partial charge in [0.1, 0.15) is 29.0 Å². The molecule has 0 spiro atoms. The standard InChI is InChI=1S/C19H29FN2O5/c1-19(2,3)27-18(25)22-9-7-14(8-10-22)26-16-6-4-5-15(20)17(16)21-11-13(24)12-23/h4-6,13-14,21,23-24H,7-12H2,1-3H3. The van der Waals surface area contributed by atoms with E-state index in [0.29, 0.717) is 31.7 Å². The Morgan fingerprint density at radius 2 is 2.04 bits per heavy atom. The first-order valence-corrected chi connectivity index (χ1v) is 9.15. The molecule has 1 heterocycles. The zero-order valence-corrected chi connectivity index (χ0v) is 16.1. The predicted octanol–water partition coefficient (Wildman–Crippen LogP) is 2.37. The van der Waals surface area contributed by atoms with E-state index in [-0.39, 0.29) is 24.4 Å². The monoisotopic (exact) mass is 384 g/mol. The minimum Gasteiger partial charge on any atom is -0.488 e. The minimum absolute atomic E-state index is 0.00484. The van der Waals surface area contributed by atoms with E-state index in [1.807, 2.05) is 20.8 Å². The number of aliphatic hydroxyl groups is 2. The summed E-state index contributed by atoms with van der Waals surface area (Å²) < 4.78 is 25.4. The van der Waals surface area contributed by atoms with Crippen molar-refractivity contribution in [3.05, 3.63) is 24.0 Å². The SMILES string of the molecule is CC(C)(C)OC(=O)N1CCC(Oc2cccc(F)c2NCC(O)CO)CC1. The van der Waals surface area contributed by atoms with Gasteiger partial charge in [0.2, 0.25) is 0 Å². The van der Waals surface area contributed by atoms with Crippen molar-refractivity contribution in [3.8, 4) is 5.75 Å². The van der Waals surface area contributed by atoms with Gasteiger partial charge in [0.15, 0.2) is 0 Å². The highest BCUT2D eigenvalue weighted by molar-refractivity contribution is 5.68. The molecule has 1 unspecified atom stereocenters. The van der Waals surface area contributed by atoms with Gasteiger partial charge in [0.25, 0.3) is 0 Å². The molecule has 8 heteroatoms. The van der Waals surface area contributed by atoms with Gasteiger partial charge in [0.05, 0.1) is 12.7 Å². The van der Waals surface area contributed by atoms with Crippen molar-refractivity contribution in [3.63, 3.8) is 0 Å². The van der Waals surface area contributed by atoms with E-state index in [2.05, 4.69) is 5.32 Å². The number of para-hydroxylation sites is 1. The van der Waals surface area contributed by atoms with Gasteiger partial charge in [-0.05, 0) is 32.9 Å². The average Bonchev–Trinajstić information content (AvgIpc) is 2.60. The number of nitrogens with one attached hydrogen (secondary N) is 1. The maximum absolute atomic E-state index is 14.1. The molecule has 1 aliphatic rings. The van der Waals surface area contributed by atoms with Crippen molar-refractivity contribution in [2.75, 3.05) is 31.6 Å². The molecule has 1 aromatic rings. The first-order chi connectivity index (χ1) is 12.7. The summed E-state index contributed by atoms with van der Waals surface area (Å²) in [6, 6.07) is 4.50. The van der Waals surface area contributed by atoms with Crippen LogP contribution in [-0.2, 0) is 4.74 Å². The fraction of sp³-hybridized carbons (Fsp3) is 0.632. The Balaban J connectivity index is 1.93. The highest BCUT2D eigenvalue weighted by Crippen LogP contribution is 2.30. The molecule has 0 saturated carbocycles. The van der Waals surface area contributed by atoms with Crippen LogP contribution in [0.1, 0.15) is 33.6 Å². The van der Waals surface area contributed by atoms with Gasteiger partial charge in [0, 0.05) is 32.5 Å². The number of benzene rings is 1. The summed E-state index contributed by atoms with van der Waals surface area (Å²) in [4.78, 5) is 13.8. The van der Waals surface area contributed by atoms with Gasteiger partial charge in [-0.15, -0.1) is 0 Å². The Hall–Kier alpha value is -2.06. The van der Waals surface area contributed by atoms with E-state index in [0.717, 1.165) is 0 Å². The number of amides is 1. The molecule has 0 bridgehead atoms. The van der Waals surface area contributed by atoms with Crippen LogP contribution in [-0.4, -0.2) is 65.3 Å². The Kier molecular flexibility index (Phi) is 7.26. The fourth-order valence-electron chi connectivity index (χ4n) is 2.72. The van der Waals surface area contributed by atoms with Gasteiger partial charge in [-0.3, -0.25) is 0 Å². The summed E-state index contributed by atoms with van der Waals surface area (Å²) in [5.74, 6) is -0.153. The number of aliphatic hydroxyl groups excluding tert-OH is 2. The number of ether oxygens (including phenoxy) is 2. The third-order valence-electron chi connectivity index (χ3n) is 4.09. The quantitative estimate of drug-likeness (QED) is 0.698. The summed E-state index contributed by atoms with van der Waals surface area (Å²) in [5, 5.41) is 21.1. The summed E-state index contributed by atoms with van der Waals surface area (Å²) in [7, 11) is 0. The average molecular weight is 384 g/mol. The van der Waals surface area contributed by atoms with Crippen molar-refractivity contribution >= 4 is 11.8 Å². The van der Waals surface area contributed by atoms with Gasteiger partial charge >= 0.3 is 6.09 Å². The number of rotatable bonds is 6. The van der Waals surface area contributed by atoms with Crippen LogP contribution >= 0.6 is 0 Å². The lowest BCUT2D eigenvalue weighted by molar-refractivity contribution is 0.0127. The third-order valence-corrected chi connectivity index (χ3v) is 4.09. The van der Waals surface area contributed by atoms with Crippen LogP contribution < -0.4 is 10.1 Å². The number of hydrogen-bond donors (Lipinski definition) is 3. The summed E-state index contributed by atoms with van der Waals surface area (Å²) >= 11 is 0. The second-order valence-corrected chi connectivity index (χ2v) is 7.61. The summed E-state index contributed by atoms with van der Waals surface area (Å²) in [6.45, 7) is 6.07. The Morgan fingerprint density at radius 3 is 2.63 bits per heavy atom. The molecule has 27 heavy (non-hydrogen) atoms. The molecule has 0 aromatic heterocycles. The van der Waals surface area contributed by atoms with E-state index in [9.17, 15) is 14.3 Å². The van der Waals surface area contributed by atoms with E-state index < -0.39 is 24.1 Å². The van der Waals surface area contributed by atoms with E-state index in [4.69, 9.17) is 14.6 Å². The number of carbonyl (C=O) groups is 1. The first kappa shape index (κ1) is 21.2. The number of hydrogen-bond acceptors (Lipinski definition) is 6. The largest absolute Gasteiger partial charge is 0.488 e. The van der Waals surface area contributed by atoms with Gasteiger partial charge in [-0.1, -0.05) is 6.07 Å². The van der Waals surface area contributed by atoms with Crippen molar-refractivity contribution in [2.45, 2.75) is 51.4 Å². The third kappa shape index (κ3) is 6.55. The lowest BCUT2D eigenvalue weighted by atomic mass is 10.1. The van der Waals surface area contributed by atoms with Crippen LogP contribution in [0.15, 0.2) is 18.2 Å². The molecule has 1 aliphatic heterocycles. The van der Waals surface area contributed by atoms with Crippen LogP contribution in [0, 0.1) is 5.82 Å². The smallest absolute Gasteiger partial charge is 0.410 e. The maximum Gasteiger partial charge on any atom is 0.410 e. The van der Waals surface area contributed by atoms with Crippen molar-refractivity contribution in [1.29, 1.82) is 0 Å². The van der Waals surface area contributed by atoms with E-state index in [1.165, 1.54) is 6.07 Å². The van der Waals surface area contributed by atoms with E-state index >= 15 is 0 Å². The number of carbonyl (C=O) groups excluding carboxylic acids is 1. The minimum atomic E-state index is -0.991. The van der Waals surface area contributed by atoms with Crippen molar-refractivity contribution < 1.29 is 28.9 Å². The molecule has 0 radical (unpaired) electrons. The molecule has 2 rings (SSSR count). The number of piperidine rings is 1. The van der Waals surface area contributed by atoms with Crippen LogP contribution in [0.25, 0.3) is 0 Å². The maximum atomic E-state index is 14.1. The fourth-order valence-corrected chi connectivity index (χ4v) is 2.72. The van der Waals surface area contributed by atoms with Crippen molar-refractivity contribution in [1.82, 2.24) is 4.90 Å². The molecule has 152 valence electrons. The molecule has 7 nitrogen and oxygen atoms in total. The molecular weight excluding hydrogens is 355 g/mol. The molecule has 1 atom stereocenters. The normalized spacial score (nSPS) is 16.7. The van der Waals surface area contributed by atoms with E-state index in [1.54, 1.807) is 17.0 Å². The second kappa shape index (κ2) is 9.23. The highest BCUT2D eigenvalue weighted by atomic mass is 19.1. The van der Waals surface area contributed by atoms with Gasteiger partial charge in [-0.2, -0.15) is 0 Å². The molecule has 1 saturated heterocycles. The number of nitrogens with zero attached hydrogens (tertiary/aromatic N) is 1. The number of anilines is 1. The van der Waals surface area contributed by atoms with Crippen molar-refractivity contribution in [2.24, 2.45) is 0 Å². The Labute approximate surface area is 159 Å². The summed E-state index contributed by atoms with van der Waals surface area (Å²) in [6.07, 6.45) is -0.279. The summed E-state index contributed by atoms with van der Waals surface area (Å²) in [5.41, 5.74) is -0.384. The second-order valence-electron chi connectivity index (χ2n) is 7.61. The number of likely N-dealkylation sites (tertiary alicyclic amines) is 1. The van der Waals surface area contributed by atoms with Gasteiger partial charge in [-0.25, -0.2) is 9.18 Å². The topological polar surface area (TPSA) is 91.3 Å². The zero-order chi connectivity index (χ0) is 20.0. The lowest BCUT2D eigenvalue weighted by Gasteiger charge is -2.33. The van der Waals surface area contributed by atoms with Crippen LogP contribution in [0.2, 0.25) is 0 Å². The van der Waals surface area contributed by atoms with Crippen LogP contribution in [0.4, 0.5) is 14.9 Å². The number of halogens is 1. The molecule has 1 amide bonds. The molecular formula is C19H29FN2O5. The Bertz CT molecular complexity index is 627. The predicted molar refractivity (Wildman–Crippen MR) is 99.4 cm³/mol. The molecule has 3 N–H and O–H groups in total. The lowest BCUT2D eigenvalue weighted by Crippen LogP contribution is -2.44. The Morgan fingerprint density at radius 1 is 1.37 bits per heavy atom. The van der Waals surface area contributed by atoms with Gasteiger partial charge < -0.3 is 29.9 Å². The molecule has 1 fully saturated rings. The molecule has 1 aromatic carbocycles. The highest BCUT2D eigenvalue weighted by Gasteiger charge is 2.28.